The molecule has 114 valence electrons. The van der Waals surface area contributed by atoms with Crippen LogP contribution in [0.5, 0.6) is 0 Å². The molecule has 0 saturated carbocycles. The molecule has 0 heterocycles. The second kappa shape index (κ2) is 7.32. The van der Waals surface area contributed by atoms with Gasteiger partial charge in [0.2, 0.25) is 0 Å². The first kappa shape index (κ1) is 17.3. The standard InChI is InChI=1S/C15H24ClNO2S/c1-4-11-20(18,19)14-10-8-7-9-13(14)17-15(5-2,6-3)12-16/h7-10,17H,4-6,11-12H2,1-3H3. The van der Waals surface area contributed by atoms with E-state index in [9.17, 15) is 8.42 Å². The lowest BCUT2D eigenvalue weighted by atomic mass is 9.95. The number of rotatable bonds is 8. The summed E-state index contributed by atoms with van der Waals surface area (Å²) in [5.41, 5.74) is 0.393. The minimum absolute atomic E-state index is 0.165. The summed E-state index contributed by atoms with van der Waals surface area (Å²) in [6, 6.07) is 7.08. The SMILES string of the molecule is CCCS(=O)(=O)c1ccccc1NC(CC)(CC)CCl. The van der Waals surface area contributed by atoms with Crippen LogP contribution in [0.25, 0.3) is 0 Å². The molecule has 3 nitrogen and oxygen atoms in total. The van der Waals surface area contributed by atoms with Crippen LogP contribution in [-0.2, 0) is 9.84 Å². The average molecular weight is 318 g/mol. The molecule has 0 radical (unpaired) electrons. The number of halogens is 1. The van der Waals surface area contributed by atoms with Crippen molar-refractivity contribution in [3.8, 4) is 0 Å². The van der Waals surface area contributed by atoms with Crippen molar-refractivity contribution in [3.63, 3.8) is 0 Å². The van der Waals surface area contributed by atoms with Gasteiger partial charge in [-0.05, 0) is 31.4 Å². The Bertz CT molecular complexity index is 516. The Morgan fingerprint density at radius 1 is 1.15 bits per heavy atom. The van der Waals surface area contributed by atoms with Gasteiger partial charge in [0.15, 0.2) is 9.84 Å². The molecule has 1 aromatic carbocycles. The van der Waals surface area contributed by atoms with Gasteiger partial charge in [-0.1, -0.05) is 32.9 Å². The highest BCUT2D eigenvalue weighted by Gasteiger charge is 2.27. The van der Waals surface area contributed by atoms with E-state index < -0.39 is 9.84 Å². The molecule has 0 unspecified atom stereocenters. The Kier molecular flexibility index (Phi) is 6.34. The van der Waals surface area contributed by atoms with Crippen molar-refractivity contribution in [1.82, 2.24) is 0 Å². The number of nitrogens with one attached hydrogen (secondary N) is 1. The smallest absolute Gasteiger partial charge is 0.180 e. The predicted octanol–water partition coefficient (Wildman–Crippen LogP) is 4.08. The summed E-state index contributed by atoms with van der Waals surface area (Å²) in [4.78, 5) is 0.373. The number of anilines is 1. The minimum Gasteiger partial charge on any atom is -0.377 e. The molecule has 0 saturated heterocycles. The van der Waals surface area contributed by atoms with Crippen molar-refractivity contribution >= 4 is 27.1 Å². The van der Waals surface area contributed by atoms with Crippen molar-refractivity contribution in [1.29, 1.82) is 0 Å². The topological polar surface area (TPSA) is 46.2 Å². The third kappa shape index (κ3) is 3.89. The van der Waals surface area contributed by atoms with E-state index in [2.05, 4.69) is 19.2 Å². The zero-order valence-corrected chi connectivity index (χ0v) is 14.0. The van der Waals surface area contributed by atoms with Crippen LogP contribution in [-0.4, -0.2) is 25.6 Å². The normalized spacial score (nSPS) is 12.4. The summed E-state index contributed by atoms with van der Waals surface area (Å²) >= 11 is 6.09. The number of sulfone groups is 1. The van der Waals surface area contributed by atoms with Crippen LogP contribution in [0, 0.1) is 0 Å². The first-order valence-corrected chi connectivity index (χ1v) is 9.29. The van der Waals surface area contributed by atoms with Crippen molar-refractivity contribution < 1.29 is 8.42 Å². The summed E-state index contributed by atoms with van der Waals surface area (Å²) in [5.74, 6) is 0.611. The van der Waals surface area contributed by atoms with Gasteiger partial charge in [-0.15, -0.1) is 11.6 Å². The molecular formula is C15H24ClNO2S. The third-order valence-corrected chi connectivity index (χ3v) is 6.19. The molecule has 1 aromatic rings. The van der Waals surface area contributed by atoms with Gasteiger partial charge in [0.25, 0.3) is 0 Å². The first-order valence-electron chi connectivity index (χ1n) is 7.10. The Morgan fingerprint density at radius 2 is 1.75 bits per heavy atom. The maximum absolute atomic E-state index is 12.3. The fourth-order valence-corrected chi connectivity index (χ4v) is 4.10. The highest BCUT2D eigenvalue weighted by atomic mass is 35.5. The van der Waals surface area contributed by atoms with E-state index in [1.165, 1.54) is 0 Å². The minimum atomic E-state index is -3.24. The van der Waals surface area contributed by atoms with E-state index in [4.69, 9.17) is 11.6 Å². The molecule has 0 aliphatic carbocycles. The third-order valence-electron chi connectivity index (χ3n) is 3.70. The van der Waals surface area contributed by atoms with Crippen LogP contribution in [0.4, 0.5) is 5.69 Å². The van der Waals surface area contributed by atoms with E-state index in [-0.39, 0.29) is 11.3 Å². The van der Waals surface area contributed by atoms with Gasteiger partial charge in [0, 0.05) is 5.88 Å². The number of alkyl halides is 1. The van der Waals surface area contributed by atoms with Crippen LogP contribution in [0.3, 0.4) is 0 Å². The molecule has 1 N–H and O–H groups in total. The van der Waals surface area contributed by atoms with Crippen LogP contribution in [0.15, 0.2) is 29.2 Å². The monoisotopic (exact) mass is 317 g/mol. The summed E-state index contributed by atoms with van der Waals surface area (Å²) in [6.45, 7) is 5.98. The van der Waals surface area contributed by atoms with Crippen LogP contribution in [0.2, 0.25) is 0 Å². The summed E-state index contributed by atoms with van der Waals surface area (Å²) in [7, 11) is -3.24. The van der Waals surface area contributed by atoms with Gasteiger partial charge in [0.05, 0.1) is 21.9 Å². The number of hydrogen-bond acceptors (Lipinski definition) is 3. The quantitative estimate of drug-likeness (QED) is 0.735. The van der Waals surface area contributed by atoms with Gasteiger partial charge in [-0.25, -0.2) is 8.42 Å². The fourth-order valence-electron chi connectivity index (χ4n) is 2.15. The highest BCUT2D eigenvalue weighted by molar-refractivity contribution is 7.91. The molecular weight excluding hydrogens is 294 g/mol. The second-order valence-corrected chi connectivity index (χ2v) is 7.41. The van der Waals surface area contributed by atoms with Gasteiger partial charge in [-0.2, -0.15) is 0 Å². The molecule has 1 rings (SSSR count). The van der Waals surface area contributed by atoms with Gasteiger partial charge < -0.3 is 5.32 Å². The molecule has 0 bridgehead atoms. The fraction of sp³-hybridized carbons (Fsp3) is 0.600. The first-order chi connectivity index (χ1) is 9.44. The lowest BCUT2D eigenvalue weighted by molar-refractivity contribution is 0.483. The Hall–Kier alpha value is -0.740. The molecule has 0 amide bonds. The van der Waals surface area contributed by atoms with Crippen molar-refractivity contribution in [3.05, 3.63) is 24.3 Å². The van der Waals surface area contributed by atoms with E-state index in [1.807, 2.05) is 19.1 Å². The Balaban J connectivity index is 3.21. The lowest BCUT2D eigenvalue weighted by Gasteiger charge is -2.32. The molecule has 5 heteroatoms. The molecule has 0 aliphatic heterocycles. The van der Waals surface area contributed by atoms with Crippen LogP contribution in [0.1, 0.15) is 40.0 Å². The van der Waals surface area contributed by atoms with Gasteiger partial charge in [-0.3, -0.25) is 0 Å². The molecule has 0 fully saturated rings. The molecule has 0 aromatic heterocycles. The molecule has 20 heavy (non-hydrogen) atoms. The van der Waals surface area contributed by atoms with E-state index in [1.54, 1.807) is 12.1 Å². The number of para-hydroxylation sites is 1. The van der Waals surface area contributed by atoms with Crippen LogP contribution >= 0.6 is 11.6 Å². The number of benzene rings is 1. The second-order valence-electron chi connectivity index (χ2n) is 5.06. The van der Waals surface area contributed by atoms with E-state index in [0.29, 0.717) is 22.9 Å². The predicted molar refractivity (Wildman–Crippen MR) is 86.4 cm³/mol. The lowest BCUT2D eigenvalue weighted by Crippen LogP contribution is -2.39. The zero-order valence-electron chi connectivity index (χ0n) is 12.4. The maximum atomic E-state index is 12.3. The van der Waals surface area contributed by atoms with Gasteiger partial charge in [0.1, 0.15) is 0 Å². The van der Waals surface area contributed by atoms with Crippen molar-refractivity contribution in [2.24, 2.45) is 0 Å². The van der Waals surface area contributed by atoms with Gasteiger partial charge >= 0.3 is 0 Å². The Morgan fingerprint density at radius 3 is 2.25 bits per heavy atom. The van der Waals surface area contributed by atoms with Crippen LogP contribution < -0.4 is 5.32 Å². The summed E-state index contributed by atoms with van der Waals surface area (Å²) < 4.78 is 24.7. The van der Waals surface area contributed by atoms with E-state index in [0.717, 1.165) is 12.8 Å². The van der Waals surface area contributed by atoms with Crippen molar-refractivity contribution in [2.45, 2.75) is 50.5 Å². The zero-order chi connectivity index (χ0) is 15.2. The molecule has 0 spiro atoms. The van der Waals surface area contributed by atoms with E-state index >= 15 is 0 Å². The molecule has 0 atom stereocenters. The summed E-state index contributed by atoms with van der Waals surface area (Å²) in [5, 5.41) is 3.36. The molecule has 0 aliphatic rings. The van der Waals surface area contributed by atoms with Crippen molar-refractivity contribution in [2.75, 3.05) is 16.9 Å². The number of hydrogen-bond donors (Lipinski definition) is 1. The largest absolute Gasteiger partial charge is 0.377 e. The summed E-state index contributed by atoms with van der Waals surface area (Å²) in [6.07, 6.45) is 2.29. The highest BCUT2D eigenvalue weighted by Crippen LogP contribution is 2.29. The maximum Gasteiger partial charge on any atom is 0.180 e. The Labute approximate surface area is 127 Å². The average Bonchev–Trinajstić information content (AvgIpc) is 2.45.